The molecule has 1 saturated heterocycles. The SMILES string of the molecule is CCOCCCN=C(NCCn1cnnc1CC)N1CCC(Cc2ccccc2)CC1. The highest BCUT2D eigenvalue weighted by Crippen LogP contribution is 2.21. The Kier molecular flexibility index (Phi) is 9.83. The van der Waals surface area contributed by atoms with Crippen LogP contribution in [-0.4, -0.2) is 65.0 Å². The lowest BCUT2D eigenvalue weighted by atomic mass is 9.90. The molecule has 1 N–H and O–H groups in total. The Labute approximate surface area is 186 Å². The van der Waals surface area contributed by atoms with E-state index >= 15 is 0 Å². The van der Waals surface area contributed by atoms with E-state index < -0.39 is 0 Å². The largest absolute Gasteiger partial charge is 0.382 e. The highest BCUT2D eigenvalue weighted by molar-refractivity contribution is 5.80. The zero-order valence-electron chi connectivity index (χ0n) is 19.2. The van der Waals surface area contributed by atoms with Crippen LogP contribution in [0.5, 0.6) is 0 Å². The zero-order valence-corrected chi connectivity index (χ0v) is 19.2. The van der Waals surface area contributed by atoms with Crippen molar-refractivity contribution in [1.82, 2.24) is 25.0 Å². The first-order valence-corrected chi connectivity index (χ1v) is 11.8. The number of benzene rings is 1. The van der Waals surface area contributed by atoms with Crippen LogP contribution in [0.2, 0.25) is 0 Å². The maximum Gasteiger partial charge on any atom is 0.193 e. The van der Waals surface area contributed by atoms with Crippen LogP contribution in [0.1, 0.15) is 44.5 Å². The summed E-state index contributed by atoms with van der Waals surface area (Å²) in [5.74, 6) is 2.81. The van der Waals surface area contributed by atoms with Crippen molar-refractivity contribution in [3.05, 3.63) is 48.0 Å². The van der Waals surface area contributed by atoms with Crippen molar-refractivity contribution in [2.75, 3.05) is 39.4 Å². The highest BCUT2D eigenvalue weighted by atomic mass is 16.5. The van der Waals surface area contributed by atoms with Gasteiger partial charge in [0.15, 0.2) is 5.96 Å². The van der Waals surface area contributed by atoms with Gasteiger partial charge in [-0.2, -0.15) is 0 Å². The van der Waals surface area contributed by atoms with Crippen LogP contribution in [-0.2, 0) is 24.1 Å². The number of piperidine rings is 1. The van der Waals surface area contributed by atoms with E-state index in [4.69, 9.17) is 9.73 Å². The first kappa shape index (κ1) is 23.3. The molecule has 1 aromatic heterocycles. The smallest absolute Gasteiger partial charge is 0.193 e. The first-order valence-electron chi connectivity index (χ1n) is 11.8. The lowest BCUT2D eigenvalue weighted by Gasteiger charge is -2.34. The van der Waals surface area contributed by atoms with E-state index in [0.717, 1.165) is 76.5 Å². The molecule has 7 nitrogen and oxygen atoms in total. The van der Waals surface area contributed by atoms with Gasteiger partial charge in [-0.25, -0.2) is 0 Å². The van der Waals surface area contributed by atoms with Crippen molar-refractivity contribution in [3.63, 3.8) is 0 Å². The monoisotopic (exact) mass is 426 g/mol. The lowest BCUT2D eigenvalue weighted by molar-refractivity contribution is 0.146. The standard InChI is InChI=1S/C24H38N6O/c1-3-23-28-27-20-30(23)17-14-26-24(25-13-8-18-31-4-2)29-15-11-22(12-16-29)19-21-9-6-5-7-10-21/h5-7,9-10,20,22H,3-4,8,11-19H2,1-2H3,(H,25,26). The number of guanidine groups is 1. The van der Waals surface area contributed by atoms with E-state index in [1.807, 2.05) is 13.3 Å². The first-order chi connectivity index (χ1) is 15.3. The molecule has 0 bridgehead atoms. The fraction of sp³-hybridized carbons (Fsp3) is 0.625. The summed E-state index contributed by atoms with van der Waals surface area (Å²) >= 11 is 0. The van der Waals surface area contributed by atoms with E-state index in [1.165, 1.54) is 24.8 Å². The van der Waals surface area contributed by atoms with Crippen LogP contribution < -0.4 is 5.32 Å². The molecule has 1 aromatic carbocycles. The molecule has 0 amide bonds. The maximum atomic E-state index is 5.47. The van der Waals surface area contributed by atoms with Gasteiger partial charge >= 0.3 is 0 Å². The molecule has 0 unspecified atom stereocenters. The van der Waals surface area contributed by atoms with Crippen LogP contribution >= 0.6 is 0 Å². The van der Waals surface area contributed by atoms with Crippen LogP contribution in [0.3, 0.4) is 0 Å². The number of nitrogens with one attached hydrogen (secondary N) is 1. The minimum Gasteiger partial charge on any atom is -0.382 e. The van der Waals surface area contributed by atoms with Gasteiger partial charge in [-0.3, -0.25) is 4.99 Å². The van der Waals surface area contributed by atoms with Crippen molar-refractivity contribution >= 4 is 5.96 Å². The molecule has 0 atom stereocenters. The highest BCUT2D eigenvalue weighted by Gasteiger charge is 2.21. The molecule has 1 aliphatic heterocycles. The number of ether oxygens (including phenoxy) is 1. The van der Waals surface area contributed by atoms with Gasteiger partial charge in [0.25, 0.3) is 0 Å². The summed E-state index contributed by atoms with van der Waals surface area (Å²) in [6.07, 6.45) is 7.26. The second-order valence-corrected chi connectivity index (χ2v) is 8.10. The number of rotatable bonds is 11. The average Bonchev–Trinajstić information content (AvgIpc) is 3.26. The fourth-order valence-corrected chi connectivity index (χ4v) is 4.09. The van der Waals surface area contributed by atoms with Gasteiger partial charge in [0.05, 0.1) is 0 Å². The second-order valence-electron chi connectivity index (χ2n) is 8.10. The van der Waals surface area contributed by atoms with Gasteiger partial charge in [0.1, 0.15) is 12.2 Å². The van der Waals surface area contributed by atoms with Crippen LogP contribution in [0.15, 0.2) is 41.7 Å². The van der Waals surface area contributed by atoms with Gasteiger partial charge in [-0.15, -0.1) is 10.2 Å². The van der Waals surface area contributed by atoms with E-state index in [0.29, 0.717) is 0 Å². The Balaban J connectivity index is 1.51. The van der Waals surface area contributed by atoms with Crippen molar-refractivity contribution in [2.45, 2.75) is 52.5 Å². The number of hydrogen-bond acceptors (Lipinski definition) is 4. The third-order valence-corrected chi connectivity index (χ3v) is 5.84. The molecule has 0 spiro atoms. The summed E-state index contributed by atoms with van der Waals surface area (Å²) in [6, 6.07) is 10.9. The van der Waals surface area contributed by atoms with E-state index in [-0.39, 0.29) is 0 Å². The number of hydrogen-bond donors (Lipinski definition) is 1. The summed E-state index contributed by atoms with van der Waals surface area (Å²) in [7, 11) is 0. The number of nitrogens with zero attached hydrogens (tertiary/aromatic N) is 5. The van der Waals surface area contributed by atoms with Gasteiger partial charge < -0.3 is 19.5 Å². The van der Waals surface area contributed by atoms with E-state index in [1.54, 1.807) is 0 Å². The number of aryl methyl sites for hydroxylation is 1. The number of likely N-dealkylation sites (tertiary alicyclic amines) is 1. The zero-order chi connectivity index (χ0) is 21.7. The van der Waals surface area contributed by atoms with Crippen LogP contribution in [0.4, 0.5) is 0 Å². The molecule has 0 saturated carbocycles. The quantitative estimate of drug-likeness (QED) is 0.340. The molecule has 2 heterocycles. The Morgan fingerprint density at radius 1 is 1.19 bits per heavy atom. The molecule has 3 rings (SSSR count). The topological polar surface area (TPSA) is 67.6 Å². The van der Waals surface area contributed by atoms with Crippen molar-refractivity contribution < 1.29 is 4.74 Å². The predicted octanol–water partition coefficient (Wildman–Crippen LogP) is 3.17. The molecule has 170 valence electrons. The van der Waals surface area contributed by atoms with Gasteiger partial charge in [-0.1, -0.05) is 37.3 Å². The lowest BCUT2D eigenvalue weighted by Crippen LogP contribution is -2.46. The normalized spacial score (nSPS) is 15.4. The summed E-state index contributed by atoms with van der Waals surface area (Å²) in [5.41, 5.74) is 1.45. The fourth-order valence-electron chi connectivity index (χ4n) is 4.09. The number of aromatic nitrogens is 3. The minimum absolute atomic E-state index is 0.752. The van der Waals surface area contributed by atoms with Crippen molar-refractivity contribution in [1.29, 1.82) is 0 Å². The molecule has 0 aliphatic carbocycles. The van der Waals surface area contributed by atoms with E-state index in [2.05, 4.69) is 62.2 Å². The van der Waals surface area contributed by atoms with E-state index in [9.17, 15) is 0 Å². The van der Waals surface area contributed by atoms with Gasteiger partial charge in [-0.05, 0) is 44.1 Å². The van der Waals surface area contributed by atoms with Crippen molar-refractivity contribution in [2.24, 2.45) is 10.9 Å². The third kappa shape index (κ3) is 7.65. The molecular formula is C24H38N6O. The molecule has 7 heteroatoms. The average molecular weight is 427 g/mol. The summed E-state index contributed by atoms with van der Waals surface area (Å²) in [4.78, 5) is 7.33. The summed E-state index contributed by atoms with van der Waals surface area (Å²) < 4.78 is 7.58. The van der Waals surface area contributed by atoms with Gasteiger partial charge in [0.2, 0.25) is 0 Å². The third-order valence-electron chi connectivity index (χ3n) is 5.84. The van der Waals surface area contributed by atoms with Gasteiger partial charge in [0, 0.05) is 52.4 Å². The summed E-state index contributed by atoms with van der Waals surface area (Å²) in [5, 5.41) is 11.8. The molecule has 2 aromatic rings. The number of aliphatic imine (C=N–C) groups is 1. The summed E-state index contributed by atoms with van der Waals surface area (Å²) in [6.45, 7) is 10.2. The molecule has 31 heavy (non-hydrogen) atoms. The molecule has 1 fully saturated rings. The Morgan fingerprint density at radius 2 is 2.00 bits per heavy atom. The van der Waals surface area contributed by atoms with Crippen LogP contribution in [0.25, 0.3) is 0 Å². The molecular weight excluding hydrogens is 388 g/mol. The Morgan fingerprint density at radius 3 is 2.74 bits per heavy atom. The second kappa shape index (κ2) is 13.1. The minimum atomic E-state index is 0.752. The predicted molar refractivity (Wildman–Crippen MR) is 125 cm³/mol. The maximum absolute atomic E-state index is 5.47. The molecule has 1 aliphatic rings. The Hall–Kier alpha value is -2.41. The van der Waals surface area contributed by atoms with Crippen LogP contribution in [0, 0.1) is 5.92 Å². The molecule has 0 radical (unpaired) electrons. The van der Waals surface area contributed by atoms with Crippen molar-refractivity contribution in [3.8, 4) is 0 Å². The Bertz CT molecular complexity index is 767.